The normalized spacial score (nSPS) is 19.9. The third-order valence-electron chi connectivity index (χ3n) is 4.71. The molecular formula is C20H18ClN5O4. The van der Waals surface area contributed by atoms with Gasteiger partial charge in [-0.05, 0) is 43.3 Å². The number of nitrogens with one attached hydrogen (secondary N) is 1. The van der Waals surface area contributed by atoms with Crippen molar-refractivity contribution in [1.82, 2.24) is 5.01 Å². The molecule has 1 N–H and O–H groups in total. The minimum absolute atomic E-state index is 0.237. The van der Waals surface area contributed by atoms with Gasteiger partial charge in [0.15, 0.2) is 12.1 Å². The fourth-order valence-electron chi connectivity index (χ4n) is 3.39. The van der Waals surface area contributed by atoms with Crippen LogP contribution >= 0.6 is 11.6 Å². The van der Waals surface area contributed by atoms with Crippen LogP contribution in [-0.2, 0) is 14.4 Å². The highest BCUT2D eigenvalue weighted by Crippen LogP contribution is 2.32. The van der Waals surface area contributed by atoms with Crippen molar-refractivity contribution in [3.05, 3.63) is 53.6 Å². The monoisotopic (exact) mass is 427 g/mol. The Hall–Kier alpha value is -3.46. The predicted molar refractivity (Wildman–Crippen MR) is 109 cm³/mol. The van der Waals surface area contributed by atoms with E-state index in [1.807, 2.05) is 6.92 Å². The number of fused-ring (bicyclic) bond motifs is 1. The summed E-state index contributed by atoms with van der Waals surface area (Å²) in [6.07, 6.45) is 0. The summed E-state index contributed by atoms with van der Waals surface area (Å²) in [6, 6.07) is 11.4. The zero-order chi connectivity index (χ0) is 21.3. The van der Waals surface area contributed by atoms with Gasteiger partial charge in [0.1, 0.15) is 12.3 Å². The Kier molecular flexibility index (Phi) is 5.37. The molecule has 0 aliphatic carbocycles. The molecule has 10 heteroatoms. The molecule has 0 spiro atoms. The van der Waals surface area contributed by atoms with Crippen molar-refractivity contribution in [1.29, 1.82) is 0 Å². The van der Waals surface area contributed by atoms with Gasteiger partial charge >= 0.3 is 0 Å². The first-order valence-electron chi connectivity index (χ1n) is 9.32. The maximum Gasteiger partial charge on any atom is 0.263 e. The molecule has 2 aromatic carbocycles. The highest BCUT2D eigenvalue weighted by atomic mass is 35.5. The molecule has 9 nitrogen and oxygen atoms in total. The van der Waals surface area contributed by atoms with E-state index in [4.69, 9.17) is 16.3 Å². The van der Waals surface area contributed by atoms with Crippen LogP contribution in [0.3, 0.4) is 0 Å². The van der Waals surface area contributed by atoms with Crippen LogP contribution in [-0.4, -0.2) is 48.0 Å². The first-order chi connectivity index (χ1) is 14.5. The van der Waals surface area contributed by atoms with Gasteiger partial charge in [-0.2, -0.15) is 5.11 Å². The topological polar surface area (TPSA) is 104 Å². The largest absolute Gasteiger partial charge is 0.492 e. The summed E-state index contributed by atoms with van der Waals surface area (Å²) < 4.78 is 5.49. The number of anilines is 2. The standard InChI is InChI=1S/C20H18ClN5O4/c1-2-30-15-6-4-3-5-14(15)22-16(27)11-25-18-17(23-24-25)19(28)26(20(18)29)13-9-7-12(21)8-10-13/h3-10,17-18H,2,11H2,1H3,(H,22,27)/t17-,18+/m1/s1. The molecule has 4 rings (SSSR count). The number of nitrogens with zero attached hydrogens (tertiary/aromatic N) is 4. The van der Waals surface area contributed by atoms with Crippen LogP contribution in [0.5, 0.6) is 5.75 Å². The Bertz CT molecular complexity index is 1030. The van der Waals surface area contributed by atoms with Crippen LogP contribution in [0, 0.1) is 0 Å². The van der Waals surface area contributed by atoms with E-state index >= 15 is 0 Å². The van der Waals surface area contributed by atoms with Crippen LogP contribution in [0.1, 0.15) is 6.92 Å². The number of para-hydroxylation sites is 2. The number of carbonyl (C=O) groups excluding carboxylic acids is 3. The van der Waals surface area contributed by atoms with Gasteiger partial charge in [-0.15, -0.1) is 0 Å². The van der Waals surface area contributed by atoms with Gasteiger partial charge in [-0.3, -0.25) is 19.4 Å². The Morgan fingerprint density at radius 2 is 1.87 bits per heavy atom. The minimum Gasteiger partial charge on any atom is -0.492 e. The lowest BCUT2D eigenvalue weighted by molar-refractivity contribution is -0.123. The quantitative estimate of drug-likeness (QED) is 0.714. The van der Waals surface area contributed by atoms with Gasteiger partial charge in [-0.25, -0.2) is 4.90 Å². The molecule has 2 aromatic rings. The van der Waals surface area contributed by atoms with Gasteiger partial charge in [0.25, 0.3) is 11.8 Å². The van der Waals surface area contributed by atoms with Gasteiger partial charge in [0.05, 0.1) is 18.0 Å². The highest BCUT2D eigenvalue weighted by Gasteiger charge is 2.55. The Morgan fingerprint density at radius 3 is 2.60 bits per heavy atom. The van der Waals surface area contributed by atoms with E-state index in [1.165, 1.54) is 5.01 Å². The van der Waals surface area contributed by atoms with Gasteiger partial charge in [0, 0.05) is 5.02 Å². The number of halogens is 1. The summed E-state index contributed by atoms with van der Waals surface area (Å²) in [5.74, 6) is -0.845. The lowest BCUT2D eigenvalue weighted by atomic mass is 10.1. The van der Waals surface area contributed by atoms with E-state index in [1.54, 1.807) is 48.5 Å². The van der Waals surface area contributed by atoms with Crippen LogP contribution < -0.4 is 15.0 Å². The average Bonchev–Trinajstić information content (AvgIpc) is 3.24. The molecular weight excluding hydrogens is 410 g/mol. The fraction of sp³-hybridized carbons (Fsp3) is 0.250. The second-order valence-corrected chi connectivity index (χ2v) is 7.09. The first kappa shape index (κ1) is 19.8. The van der Waals surface area contributed by atoms with Crippen molar-refractivity contribution in [2.24, 2.45) is 10.3 Å². The molecule has 0 saturated carbocycles. The Morgan fingerprint density at radius 1 is 1.13 bits per heavy atom. The lowest BCUT2D eigenvalue weighted by Gasteiger charge is -2.20. The van der Waals surface area contributed by atoms with Crippen molar-refractivity contribution < 1.29 is 19.1 Å². The molecule has 0 unspecified atom stereocenters. The van der Waals surface area contributed by atoms with Crippen molar-refractivity contribution in [2.45, 2.75) is 19.0 Å². The molecule has 2 aliphatic rings. The van der Waals surface area contributed by atoms with E-state index in [2.05, 4.69) is 15.7 Å². The van der Waals surface area contributed by atoms with Crippen LogP contribution in [0.25, 0.3) is 0 Å². The number of ether oxygens (including phenoxy) is 1. The van der Waals surface area contributed by atoms with Crippen molar-refractivity contribution in [2.75, 3.05) is 23.4 Å². The molecule has 2 atom stereocenters. The number of rotatable bonds is 6. The van der Waals surface area contributed by atoms with E-state index < -0.39 is 29.8 Å². The minimum atomic E-state index is -0.975. The smallest absolute Gasteiger partial charge is 0.263 e. The molecule has 2 heterocycles. The van der Waals surface area contributed by atoms with Gasteiger partial charge in [-0.1, -0.05) is 29.0 Å². The van der Waals surface area contributed by atoms with Crippen molar-refractivity contribution in [3.8, 4) is 5.75 Å². The third kappa shape index (κ3) is 3.59. The van der Waals surface area contributed by atoms with Crippen molar-refractivity contribution >= 4 is 40.7 Å². The third-order valence-corrected chi connectivity index (χ3v) is 4.96. The van der Waals surface area contributed by atoms with Crippen molar-refractivity contribution in [3.63, 3.8) is 0 Å². The van der Waals surface area contributed by atoms with Crippen LogP contribution in [0.2, 0.25) is 5.02 Å². The molecule has 2 aliphatic heterocycles. The maximum atomic E-state index is 12.9. The van der Waals surface area contributed by atoms with E-state index in [0.29, 0.717) is 28.8 Å². The number of imide groups is 1. The fourth-order valence-corrected chi connectivity index (χ4v) is 3.51. The zero-order valence-electron chi connectivity index (χ0n) is 16.0. The second kappa shape index (κ2) is 8.11. The molecule has 30 heavy (non-hydrogen) atoms. The number of amides is 3. The van der Waals surface area contributed by atoms with Crippen LogP contribution in [0.15, 0.2) is 58.9 Å². The second-order valence-electron chi connectivity index (χ2n) is 6.66. The molecule has 0 radical (unpaired) electrons. The number of hydrogen-bond donors (Lipinski definition) is 1. The Labute approximate surface area is 177 Å². The molecule has 154 valence electrons. The SMILES string of the molecule is CCOc1ccccc1NC(=O)CN1N=N[C@H]2C(=O)N(c3ccc(Cl)cc3)C(=O)[C@H]21. The summed E-state index contributed by atoms with van der Waals surface area (Å²) in [6.45, 7) is 2.06. The first-order valence-corrected chi connectivity index (χ1v) is 9.70. The predicted octanol–water partition coefficient (Wildman–Crippen LogP) is 2.67. The summed E-state index contributed by atoms with van der Waals surface area (Å²) >= 11 is 5.88. The summed E-state index contributed by atoms with van der Waals surface area (Å²) in [5, 5.41) is 12.3. The lowest BCUT2D eigenvalue weighted by Crippen LogP contribution is -2.43. The average molecular weight is 428 g/mol. The summed E-state index contributed by atoms with van der Waals surface area (Å²) in [4.78, 5) is 39.2. The Balaban J connectivity index is 1.48. The number of carbonyl (C=O) groups is 3. The summed E-state index contributed by atoms with van der Waals surface area (Å²) in [7, 11) is 0. The molecule has 0 bridgehead atoms. The summed E-state index contributed by atoms with van der Waals surface area (Å²) in [5.41, 5.74) is 0.905. The highest BCUT2D eigenvalue weighted by molar-refractivity contribution is 6.31. The van der Waals surface area contributed by atoms with Gasteiger partial charge in [0.2, 0.25) is 5.91 Å². The van der Waals surface area contributed by atoms with Crippen LogP contribution in [0.4, 0.5) is 11.4 Å². The number of hydrogen-bond acceptors (Lipinski definition) is 7. The van der Waals surface area contributed by atoms with E-state index in [9.17, 15) is 14.4 Å². The molecule has 3 amide bonds. The maximum absolute atomic E-state index is 12.9. The molecule has 0 aromatic heterocycles. The molecule has 1 saturated heterocycles. The van der Waals surface area contributed by atoms with Gasteiger partial charge < -0.3 is 10.1 Å². The number of benzene rings is 2. The van der Waals surface area contributed by atoms with E-state index in [-0.39, 0.29) is 6.54 Å². The zero-order valence-corrected chi connectivity index (χ0v) is 16.7. The molecule has 1 fully saturated rings. The van der Waals surface area contributed by atoms with E-state index in [0.717, 1.165) is 4.90 Å².